The molecule has 0 spiro atoms. The zero-order valence-electron chi connectivity index (χ0n) is 10.5. The van der Waals surface area contributed by atoms with E-state index in [1.807, 2.05) is 24.3 Å². The van der Waals surface area contributed by atoms with Gasteiger partial charge in [0.2, 0.25) is 5.91 Å². The Labute approximate surface area is 107 Å². The molecule has 1 amide bonds. The summed E-state index contributed by atoms with van der Waals surface area (Å²) in [5, 5.41) is 23.6. The summed E-state index contributed by atoms with van der Waals surface area (Å²) < 4.78 is 0. The van der Waals surface area contributed by atoms with Crippen molar-refractivity contribution in [3.05, 3.63) is 29.8 Å². The molecule has 0 saturated carbocycles. The fourth-order valence-electron chi connectivity index (χ4n) is 1.47. The van der Waals surface area contributed by atoms with Gasteiger partial charge in [-0.2, -0.15) is 0 Å². The van der Waals surface area contributed by atoms with Crippen molar-refractivity contribution in [2.45, 2.75) is 19.4 Å². The van der Waals surface area contributed by atoms with E-state index >= 15 is 0 Å². The van der Waals surface area contributed by atoms with Crippen molar-refractivity contribution in [2.75, 3.05) is 25.0 Å². The lowest BCUT2D eigenvalue weighted by Gasteiger charge is -2.10. The Balaban J connectivity index is 2.35. The fourth-order valence-corrected chi connectivity index (χ4v) is 1.47. The molecular weight excluding hydrogens is 232 g/mol. The van der Waals surface area contributed by atoms with Gasteiger partial charge < -0.3 is 20.8 Å². The summed E-state index contributed by atoms with van der Waals surface area (Å²) >= 11 is 0. The first-order valence-corrected chi connectivity index (χ1v) is 5.98. The summed E-state index contributed by atoms with van der Waals surface area (Å²) in [6.45, 7) is 2.20. The molecule has 1 aromatic carbocycles. The average molecular weight is 252 g/mol. The van der Waals surface area contributed by atoms with Crippen LogP contribution < -0.4 is 10.6 Å². The quantitative estimate of drug-likeness (QED) is 0.556. The molecule has 0 aliphatic carbocycles. The van der Waals surface area contributed by atoms with Gasteiger partial charge in [0.05, 0.1) is 12.7 Å². The second-order valence-corrected chi connectivity index (χ2v) is 4.15. The van der Waals surface area contributed by atoms with Crippen molar-refractivity contribution in [1.29, 1.82) is 0 Å². The summed E-state index contributed by atoms with van der Waals surface area (Å²) in [4.78, 5) is 10.7. The molecule has 5 nitrogen and oxygen atoms in total. The Morgan fingerprint density at radius 3 is 2.56 bits per heavy atom. The highest BCUT2D eigenvalue weighted by atomic mass is 16.3. The molecule has 1 rings (SSSR count). The van der Waals surface area contributed by atoms with Crippen LogP contribution in [0, 0.1) is 0 Å². The van der Waals surface area contributed by atoms with Crippen molar-refractivity contribution in [1.82, 2.24) is 5.32 Å². The molecular formula is C13H20N2O3. The summed E-state index contributed by atoms with van der Waals surface area (Å²) in [5.74, 6) is -0.0220. The smallest absolute Gasteiger partial charge is 0.216 e. The van der Waals surface area contributed by atoms with Crippen molar-refractivity contribution in [2.24, 2.45) is 0 Å². The van der Waals surface area contributed by atoms with E-state index in [0.29, 0.717) is 13.1 Å². The Bertz CT molecular complexity index is 365. The first kappa shape index (κ1) is 14.5. The van der Waals surface area contributed by atoms with Crippen LogP contribution in [0.15, 0.2) is 24.3 Å². The predicted molar refractivity (Wildman–Crippen MR) is 70.4 cm³/mol. The maximum absolute atomic E-state index is 10.7. The van der Waals surface area contributed by atoms with Crippen LogP contribution in [-0.4, -0.2) is 41.9 Å². The molecule has 1 atom stereocenters. The van der Waals surface area contributed by atoms with Crippen LogP contribution in [0.3, 0.4) is 0 Å². The molecule has 0 aromatic heterocycles. The SMILES string of the molecule is CC(=O)NCCc1ccc(NCC(O)CO)cc1. The van der Waals surface area contributed by atoms with Crippen LogP contribution in [0.4, 0.5) is 5.69 Å². The molecule has 0 heterocycles. The third-order valence-corrected chi connectivity index (χ3v) is 2.49. The number of hydrogen-bond donors (Lipinski definition) is 4. The topological polar surface area (TPSA) is 81.6 Å². The number of aliphatic hydroxyl groups excluding tert-OH is 2. The number of amides is 1. The Kier molecular flexibility index (Phi) is 6.18. The van der Waals surface area contributed by atoms with E-state index in [4.69, 9.17) is 5.11 Å². The van der Waals surface area contributed by atoms with E-state index in [9.17, 15) is 9.90 Å². The minimum Gasteiger partial charge on any atom is -0.394 e. The van der Waals surface area contributed by atoms with Gasteiger partial charge in [0.25, 0.3) is 0 Å². The third kappa shape index (κ3) is 5.65. The lowest BCUT2D eigenvalue weighted by molar-refractivity contribution is -0.118. The molecule has 0 fully saturated rings. The predicted octanol–water partition coefficient (Wildman–Crippen LogP) is 0.130. The summed E-state index contributed by atoms with van der Waals surface area (Å²) in [6, 6.07) is 7.76. The maximum atomic E-state index is 10.7. The number of rotatable bonds is 7. The molecule has 1 unspecified atom stereocenters. The molecule has 18 heavy (non-hydrogen) atoms. The summed E-state index contributed by atoms with van der Waals surface area (Å²) in [6.07, 6.45) is 0.0449. The van der Waals surface area contributed by atoms with Gasteiger partial charge in [-0.05, 0) is 24.1 Å². The molecule has 0 aliphatic heterocycles. The average Bonchev–Trinajstić information content (AvgIpc) is 2.37. The number of carbonyl (C=O) groups is 1. The van der Waals surface area contributed by atoms with Gasteiger partial charge in [-0.15, -0.1) is 0 Å². The molecule has 0 aliphatic rings. The first-order valence-electron chi connectivity index (χ1n) is 5.98. The lowest BCUT2D eigenvalue weighted by Crippen LogP contribution is -2.23. The number of aliphatic hydroxyl groups is 2. The first-order chi connectivity index (χ1) is 8.61. The number of hydrogen-bond acceptors (Lipinski definition) is 4. The van der Waals surface area contributed by atoms with Crippen LogP contribution in [0.25, 0.3) is 0 Å². The molecule has 0 saturated heterocycles. The monoisotopic (exact) mass is 252 g/mol. The minimum atomic E-state index is -0.746. The Morgan fingerprint density at radius 2 is 2.00 bits per heavy atom. The molecule has 5 heteroatoms. The van der Waals surface area contributed by atoms with Gasteiger partial charge >= 0.3 is 0 Å². The summed E-state index contributed by atoms with van der Waals surface area (Å²) in [7, 11) is 0. The van der Waals surface area contributed by atoms with Crippen LogP contribution in [-0.2, 0) is 11.2 Å². The number of carbonyl (C=O) groups excluding carboxylic acids is 1. The van der Waals surface area contributed by atoms with E-state index < -0.39 is 6.10 Å². The molecule has 1 aromatic rings. The fraction of sp³-hybridized carbons (Fsp3) is 0.462. The van der Waals surface area contributed by atoms with Gasteiger partial charge in [-0.1, -0.05) is 12.1 Å². The highest BCUT2D eigenvalue weighted by molar-refractivity contribution is 5.72. The highest BCUT2D eigenvalue weighted by Crippen LogP contribution is 2.09. The Morgan fingerprint density at radius 1 is 1.33 bits per heavy atom. The van der Waals surface area contributed by atoms with Crippen molar-refractivity contribution >= 4 is 11.6 Å². The molecule has 0 bridgehead atoms. The molecule has 100 valence electrons. The normalized spacial score (nSPS) is 11.9. The zero-order chi connectivity index (χ0) is 13.4. The second-order valence-electron chi connectivity index (χ2n) is 4.15. The van der Waals surface area contributed by atoms with E-state index in [1.54, 1.807) is 0 Å². The zero-order valence-corrected chi connectivity index (χ0v) is 10.5. The number of nitrogens with one attached hydrogen (secondary N) is 2. The van der Waals surface area contributed by atoms with E-state index in [1.165, 1.54) is 6.92 Å². The molecule has 0 radical (unpaired) electrons. The number of anilines is 1. The van der Waals surface area contributed by atoms with Gasteiger partial charge in [0.15, 0.2) is 0 Å². The van der Waals surface area contributed by atoms with Gasteiger partial charge in [-0.3, -0.25) is 4.79 Å². The highest BCUT2D eigenvalue weighted by Gasteiger charge is 2.01. The lowest BCUT2D eigenvalue weighted by atomic mass is 10.1. The van der Waals surface area contributed by atoms with Crippen LogP contribution in [0.5, 0.6) is 0 Å². The van der Waals surface area contributed by atoms with Crippen molar-refractivity contribution < 1.29 is 15.0 Å². The van der Waals surface area contributed by atoms with E-state index in [0.717, 1.165) is 17.7 Å². The van der Waals surface area contributed by atoms with Crippen LogP contribution >= 0.6 is 0 Å². The summed E-state index contributed by atoms with van der Waals surface area (Å²) in [5.41, 5.74) is 2.03. The van der Waals surface area contributed by atoms with Crippen molar-refractivity contribution in [3.63, 3.8) is 0 Å². The number of benzene rings is 1. The standard InChI is InChI=1S/C13H20N2O3/c1-10(17)14-7-6-11-2-4-12(5-3-11)15-8-13(18)9-16/h2-5,13,15-16,18H,6-9H2,1H3,(H,14,17). The van der Waals surface area contributed by atoms with Crippen LogP contribution in [0.2, 0.25) is 0 Å². The van der Waals surface area contributed by atoms with E-state index in [-0.39, 0.29) is 12.5 Å². The second kappa shape index (κ2) is 7.68. The van der Waals surface area contributed by atoms with Crippen LogP contribution in [0.1, 0.15) is 12.5 Å². The van der Waals surface area contributed by atoms with Crippen molar-refractivity contribution in [3.8, 4) is 0 Å². The third-order valence-electron chi connectivity index (χ3n) is 2.49. The van der Waals surface area contributed by atoms with E-state index in [2.05, 4.69) is 10.6 Å². The minimum absolute atomic E-state index is 0.0220. The van der Waals surface area contributed by atoms with Gasteiger partial charge in [0.1, 0.15) is 0 Å². The largest absolute Gasteiger partial charge is 0.394 e. The Hall–Kier alpha value is -1.59. The molecule has 4 N–H and O–H groups in total. The maximum Gasteiger partial charge on any atom is 0.216 e. The van der Waals surface area contributed by atoms with Gasteiger partial charge in [-0.25, -0.2) is 0 Å². The van der Waals surface area contributed by atoms with Gasteiger partial charge in [0, 0.05) is 25.7 Å².